The summed E-state index contributed by atoms with van der Waals surface area (Å²) in [6.07, 6.45) is 9.63. The molecule has 2 heterocycles. The highest BCUT2D eigenvalue weighted by Crippen LogP contribution is 2.29. The molecule has 33 heavy (non-hydrogen) atoms. The maximum Gasteiger partial charge on any atom is 0.233 e. The van der Waals surface area contributed by atoms with Gasteiger partial charge in [-0.1, -0.05) is 37.3 Å². The van der Waals surface area contributed by atoms with Gasteiger partial charge in [-0.25, -0.2) is 0 Å². The van der Waals surface area contributed by atoms with Crippen molar-refractivity contribution in [2.75, 3.05) is 49.8 Å². The van der Waals surface area contributed by atoms with Crippen molar-refractivity contribution in [3.8, 4) is 5.75 Å². The molecule has 2 fully saturated rings. The smallest absolute Gasteiger partial charge is 0.233 e. The molecular weight excluding hydrogens is 438 g/mol. The van der Waals surface area contributed by atoms with Crippen LogP contribution in [-0.4, -0.2) is 66.2 Å². The summed E-state index contributed by atoms with van der Waals surface area (Å²) >= 11 is 6.32. The molecule has 1 aromatic heterocycles. The van der Waals surface area contributed by atoms with Gasteiger partial charge in [0.2, 0.25) is 17.8 Å². The molecule has 2 N–H and O–H groups in total. The van der Waals surface area contributed by atoms with Crippen molar-refractivity contribution in [3.05, 3.63) is 23.2 Å². The molecule has 1 saturated carbocycles. The Morgan fingerprint density at radius 3 is 2.36 bits per heavy atom. The van der Waals surface area contributed by atoms with Crippen LogP contribution in [0.15, 0.2) is 18.2 Å². The standard InChI is InChI=1S/C24H36ClN7O/c1-31-14-12-19(13-15-31)32(2)24-29-22(26-17-8-6-4-5-7-9-17)28-23(30-24)27-18-10-11-21(33-3)20(25)16-18/h10-11,16-17,19H,4-9,12-15H2,1-3H3,(H2,26,27,28,29,30). The summed E-state index contributed by atoms with van der Waals surface area (Å²) < 4.78 is 5.27. The number of piperidine rings is 1. The molecule has 2 aromatic rings. The zero-order valence-corrected chi connectivity index (χ0v) is 20.7. The highest BCUT2D eigenvalue weighted by Gasteiger charge is 2.24. The quantitative estimate of drug-likeness (QED) is 0.547. The van der Waals surface area contributed by atoms with Gasteiger partial charge < -0.3 is 25.2 Å². The molecule has 1 aliphatic heterocycles. The van der Waals surface area contributed by atoms with Crippen molar-refractivity contribution in [2.24, 2.45) is 0 Å². The molecule has 180 valence electrons. The average molecular weight is 474 g/mol. The van der Waals surface area contributed by atoms with Gasteiger partial charge in [0.1, 0.15) is 5.75 Å². The minimum Gasteiger partial charge on any atom is -0.495 e. The van der Waals surface area contributed by atoms with Crippen molar-refractivity contribution in [2.45, 2.75) is 63.5 Å². The summed E-state index contributed by atoms with van der Waals surface area (Å²) in [6.45, 7) is 2.17. The van der Waals surface area contributed by atoms with Gasteiger partial charge in [-0.2, -0.15) is 15.0 Å². The van der Waals surface area contributed by atoms with Gasteiger partial charge in [0.15, 0.2) is 0 Å². The van der Waals surface area contributed by atoms with Crippen LogP contribution in [0.1, 0.15) is 51.4 Å². The summed E-state index contributed by atoms with van der Waals surface area (Å²) in [6, 6.07) is 6.38. The first-order valence-electron chi connectivity index (χ1n) is 12.1. The zero-order chi connectivity index (χ0) is 23.2. The molecule has 1 aromatic carbocycles. The number of methoxy groups -OCH3 is 1. The van der Waals surface area contributed by atoms with Crippen LogP contribution in [-0.2, 0) is 0 Å². The summed E-state index contributed by atoms with van der Waals surface area (Å²) in [4.78, 5) is 18.9. The van der Waals surface area contributed by atoms with Gasteiger partial charge in [0, 0.05) is 24.8 Å². The summed E-state index contributed by atoms with van der Waals surface area (Å²) in [5, 5.41) is 7.45. The fraction of sp³-hybridized carbons (Fsp3) is 0.625. The van der Waals surface area contributed by atoms with Crippen molar-refractivity contribution >= 4 is 35.1 Å². The third-order valence-electron chi connectivity index (χ3n) is 6.77. The fourth-order valence-electron chi connectivity index (χ4n) is 4.67. The average Bonchev–Trinajstić information content (AvgIpc) is 3.08. The molecular formula is C24H36ClN7O. The Kier molecular flexibility index (Phi) is 8.09. The molecule has 4 rings (SSSR count). The lowest BCUT2D eigenvalue weighted by Gasteiger charge is -2.35. The predicted octanol–water partition coefficient (Wildman–Crippen LogP) is 4.94. The Hall–Kier alpha value is -2.32. The van der Waals surface area contributed by atoms with Gasteiger partial charge >= 0.3 is 0 Å². The van der Waals surface area contributed by atoms with Gasteiger partial charge in [-0.15, -0.1) is 0 Å². The minimum absolute atomic E-state index is 0.402. The summed E-state index contributed by atoms with van der Waals surface area (Å²) in [7, 11) is 5.88. The van der Waals surface area contributed by atoms with E-state index < -0.39 is 0 Å². The highest BCUT2D eigenvalue weighted by atomic mass is 35.5. The largest absolute Gasteiger partial charge is 0.495 e. The molecule has 1 saturated heterocycles. The number of hydrogen-bond donors (Lipinski definition) is 2. The van der Waals surface area contributed by atoms with E-state index in [2.05, 4.69) is 34.5 Å². The maximum absolute atomic E-state index is 6.32. The lowest BCUT2D eigenvalue weighted by atomic mass is 10.0. The molecule has 0 spiro atoms. The second-order valence-electron chi connectivity index (χ2n) is 9.24. The minimum atomic E-state index is 0.402. The first-order valence-corrected chi connectivity index (χ1v) is 12.4. The third kappa shape index (κ3) is 6.38. The Labute approximate surface area is 202 Å². The Bertz CT molecular complexity index is 912. The van der Waals surface area contributed by atoms with E-state index in [1.807, 2.05) is 18.2 Å². The molecule has 0 amide bonds. The number of halogens is 1. The van der Waals surface area contributed by atoms with Gasteiger partial charge in [-0.05, 0) is 64.0 Å². The first kappa shape index (κ1) is 23.8. The van der Waals surface area contributed by atoms with Crippen LogP contribution in [0.5, 0.6) is 5.75 Å². The number of nitrogens with one attached hydrogen (secondary N) is 2. The van der Waals surface area contributed by atoms with Crippen molar-refractivity contribution in [1.82, 2.24) is 19.9 Å². The number of nitrogens with zero attached hydrogens (tertiary/aromatic N) is 5. The van der Waals surface area contributed by atoms with Gasteiger partial charge in [0.05, 0.1) is 12.1 Å². The van der Waals surface area contributed by atoms with Crippen LogP contribution in [0.3, 0.4) is 0 Å². The summed E-state index contributed by atoms with van der Waals surface area (Å²) in [5.41, 5.74) is 0.806. The van der Waals surface area contributed by atoms with Gasteiger partial charge in [-0.3, -0.25) is 0 Å². The second kappa shape index (κ2) is 11.2. The zero-order valence-electron chi connectivity index (χ0n) is 20.0. The van der Waals surface area contributed by atoms with Crippen LogP contribution in [0.2, 0.25) is 5.02 Å². The number of anilines is 4. The number of hydrogen-bond acceptors (Lipinski definition) is 8. The number of benzene rings is 1. The van der Waals surface area contributed by atoms with Crippen LogP contribution in [0.25, 0.3) is 0 Å². The van der Waals surface area contributed by atoms with Gasteiger partial charge in [0.25, 0.3) is 0 Å². The SMILES string of the molecule is COc1ccc(Nc2nc(NC3CCCCCC3)nc(N(C)C3CCN(C)CC3)n2)cc1Cl. The molecule has 0 radical (unpaired) electrons. The molecule has 1 aliphatic carbocycles. The van der Waals surface area contributed by atoms with Crippen LogP contribution in [0, 0.1) is 0 Å². The Morgan fingerprint density at radius 2 is 1.70 bits per heavy atom. The molecule has 0 atom stereocenters. The molecule has 9 heteroatoms. The first-order chi connectivity index (χ1) is 16.0. The fourth-order valence-corrected chi connectivity index (χ4v) is 4.93. The monoisotopic (exact) mass is 473 g/mol. The van der Waals surface area contributed by atoms with E-state index in [0.29, 0.717) is 40.7 Å². The van der Waals surface area contributed by atoms with E-state index in [-0.39, 0.29) is 0 Å². The van der Waals surface area contributed by atoms with E-state index in [0.717, 1.165) is 44.5 Å². The predicted molar refractivity (Wildman–Crippen MR) is 135 cm³/mol. The van der Waals surface area contributed by atoms with Crippen molar-refractivity contribution in [1.29, 1.82) is 0 Å². The topological polar surface area (TPSA) is 78.4 Å². The lowest BCUT2D eigenvalue weighted by Crippen LogP contribution is -2.42. The maximum atomic E-state index is 6.32. The van der Waals surface area contributed by atoms with E-state index in [4.69, 9.17) is 31.3 Å². The molecule has 0 bridgehead atoms. The molecule has 0 unspecified atom stereocenters. The van der Waals surface area contributed by atoms with E-state index in [1.165, 1.54) is 25.7 Å². The summed E-state index contributed by atoms with van der Waals surface area (Å²) in [5.74, 6) is 2.47. The molecule has 2 aliphatic rings. The number of aromatic nitrogens is 3. The lowest BCUT2D eigenvalue weighted by molar-refractivity contribution is 0.252. The normalized spacial score (nSPS) is 18.5. The number of rotatable bonds is 7. The van der Waals surface area contributed by atoms with E-state index in [9.17, 15) is 0 Å². The number of likely N-dealkylation sites (tertiary alicyclic amines) is 1. The Balaban J connectivity index is 1.58. The van der Waals surface area contributed by atoms with Crippen LogP contribution < -0.4 is 20.3 Å². The second-order valence-corrected chi connectivity index (χ2v) is 9.64. The number of ether oxygens (including phenoxy) is 1. The molecule has 8 nitrogen and oxygen atoms in total. The van der Waals surface area contributed by atoms with E-state index >= 15 is 0 Å². The highest BCUT2D eigenvalue weighted by molar-refractivity contribution is 6.32. The van der Waals surface area contributed by atoms with Crippen molar-refractivity contribution < 1.29 is 4.74 Å². The van der Waals surface area contributed by atoms with Crippen LogP contribution in [0.4, 0.5) is 23.5 Å². The van der Waals surface area contributed by atoms with E-state index in [1.54, 1.807) is 7.11 Å². The Morgan fingerprint density at radius 1 is 1.00 bits per heavy atom. The van der Waals surface area contributed by atoms with Crippen LogP contribution >= 0.6 is 11.6 Å². The van der Waals surface area contributed by atoms with Crippen molar-refractivity contribution in [3.63, 3.8) is 0 Å². The third-order valence-corrected chi connectivity index (χ3v) is 7.07.